The number of rotatable bonds is 9. The monoisotopic (exact) mass is 454 g/mol. The number of hydrogen-bond donors (Lipinski definition) is 2. The molecule has 0 heterocycles. The number of amides is 1. The Balaban J connectivity index is 1.82. The highest BCUT2D eigenvalue weighted by Gasteiger charge is 2.18. The Labute approximate surface area is 188 Å². The molecular formula is C24H26N2O5S. The van der Waals surface area contributed by atoms with E-state index in [1.807, 2.05) is 26.0 Å². The number of carbonyl (C=O) groups excluding carboxylic acids is 1. The largest absolute Gasteiger partial charge is 0.495 e. The molecule has 7 nitrogen and oxygen atoms in total. The maximum atomic E-state index is 12.9. The van der Waals surface area contributed by atoms with Crippen LogP contribution in [0.4, 0.5) is 11.4 Å². The molecule has 0 aliphatic heterocycles. The second-order valence-corrected chi connectivity index (χ2v) is 8.61. The van der Waals surface area contributed by atoms with Crippen LogP contribution in [0.2, 0.25) is 0 Å². The minimum Gasteiger partial charge on any atom is -0.495 e. The fourth-order valence-electron chi connectivity index (χ4n) is 3.04. The normalized spacial score (nSPS) is 11.0. The Morgan fingerprint density at radius 1 is 0.938 bits per heavy atom. The van der Waals surface area contributed by atoms with Crippen molar-refractivity contribution in [2.45, 2.75) is 25.2 Å². The van der Waals surface area contributed by atoms with E-state index in [-0.39, 0.29) is 16.5 Å². The predicted octanol–water partition coefficient (Wildman–Crippen LogP) is 4.71. The zero-order valence-electron chi connectivity index (χ0n) is 18.2. The molecule has 0 radical (unpaired) electrons. The van der Waals surface area contributed by atoms with Crippen LogP contribution in [0.25, 0.3) is 0 Å². The summed E-state index contributed by atoms with van der Waals surface area (Å²) in [4.78, 5) is 12.7. The quantitative estimate of drug-likeness (QED) is 0.488. The summed E-state index contributed by atoms with van der Waals surface area (Å²) in [5, 5.41) is 2.74. The van der Waals surface area contributed by atoms with Crippen molar-refractivity contribution in [1.82, 2.24) is 0 Å². The topological polar surface area (TPSA) is 93.7 Å². The molecule has 0 bridgehead atoms. The van der Waals surface area contributed by atoms with Crippen LogP contribution in [0.5, 0.6) is 11.5 Å². The van der Waals surface area contributed by atoms with Gasteiger partial charge < -0.3 is 14.8 Å². The number of sulfonamides is 1. The Morgan fingerprint density at radius 3 is 2.22 bits per heavy atom. The maximum absolute atomic E-state index is 12.9. The third-order valence-electron chi connectivity index (χ3n) is 4.77. The second kappa shape index (κ2) is 10.2. The molecule has 0 saturated heterocycles. The van der Waals surface area contributed by atoms with Gasteiger partial charge in [0, 0.05) is 11.3 Å². The number of ether oxygens (including phenoxy) is 2. The van der Waals surface area contributed by atoms with Gasteiger partial charge in [0.15, 0.2) is 0 Å². The first-order valence-electron chi connectivity index (χ1n) is 10.2. The first-order chi connectivity index (χ1) is 15.4. The fraction of sp³-hybridized carbons (Fsp3) is 0.208. The molecule has 8 heteroatoms. The molecule has 0 aromatic heterocycles. The van der Waals surface area contributed by atoms with Crippen LogP contribution in [0.1, 0.15) is 29.8 Å². The fourth-order valence-corrected chi connectivity index (χ4v) is 4.12. The Bertz CT molecular complexity index is 1170. The number of carbonyl (C=O) groups is 1. The lowest BCUT2D eigenvalue weighted by atomic mass is 10.1. The minimum atomic E-state index is -3.89. The van der Waals surface area contributed by atoms with Crippen molar-refractivity contribution in [1.29, 1.82) is 0 Å². The summed E-state index contributed by atoms with van der Waals surface area (Å²) in [6.45, 7) is 4.43. The molecule has 3 aromatic rings. The number of nitrogens with one attached hydrogen (secondary N) is 2. The van der Waals surface area contributed by atoms with Crippen LogP contribution in [-0.4, -0.2) is 28.0 Å². The molecule has 0 fully saturated rings. The molecular weight excluding hydrogens is 428 g/mol. The molecule has 0 atom stereocenters. The minimum absolute atomic E-state index is 0.0104. The van der Waals surface area contributed by atoms with Crippen LogP contribution in [0.15, 0.2) is 71.6 Å². The van der Waals surface area contributed by atoms with Gasteiger partial charge in [-0.1, -0.05) is 19.1 Å². The molecule has 0 aliphatic rings. The van der Waals surface area contributed by atoms with Gasteiger partial charge in [-0.3, -0.25) is 9.52 Å². The number of methoxy groups -OCH3 is 1. The first kappa shape index (κ1) is 23.1. The lowest BCUT2D eigenvalue weighted by molar-refractivity contribution is 0.102. The van der Waals surface area contributed by atoms with E-state index in [4.69, 9.17) is 9.47 Å². The summed E-state index contributed by atoms with van der Waals surface area (Å²) in [6.07, 6.45) is 0.872. The van der Waals surface area contributed by atoms with Crippen LogP contribution in [0.3, 0.4) is 0 Å². The van der Waals surface area contributed by atoms with E-state index >= 15 is 0 Å². The van der Waals surface area contributed by atoms with Gasteiger partial charge in [-0.2, -0.15) is 0 Å². The molecule has 3 rings (SSSR count). The number of hydrogen-bond acceptors (Lipinski definition) is 5. The van der Waals surface area contributed by atoms with Gasteiger partial charge in [-0.25, -0.2) is 8.42 Å². The zero-order chi connectivity index (χ0) is 23.1. The summed E-state index contributed by atoms with van der Waals surface area (Å²) >= 11 is 0. The molecule has 168 valence electrons. The standard InChI is InChI=1S/C24H26N2O5S/c1-4-17-6-8-18(9-7-17)24(27)25-22-16-21(14-15-23(22)30-3)32(28,29)26-19-10-12-20(13-11-19)31-5-2/h6-16,26H,4-5H2,1-3H3,(H,25,27). The predicted molar refractivity (Wildman–Crippen MR) is 125 cm³/mol. The Hall–Kier alpha value is -3.52. The number of anilines is 2. The molecule has 0 spiro atoms. The van der Waals surface area contributed by atoms with Crippen molar-refractivity contribution in [2.75, 3.05) is 23.8 Å². The van der Waals surface area contributed by atoms with Crippen LogP contribution in [0, 0.1) is 0 Å². The smallest absolute Gasteiger partial charge is 0.261 e. The molecule has 0 saturated carbocycles. The average Bonchev–Trinajstić information content (AvgIpc) is 2.80. The molecule has 0 aliphatic carbocycles. The van der Waals surface area contributed by atoms with Gasteiger partial charge in [-0.05, 0) is 73.5 Å². The number of benzene rings is 3. The van der Waals surface area contributed by atoms with Crippen molar-refractivity contribution >= 4 is 27.3 Å². The summed E-state index contributed by atoms with van der Waals surface area (Å²) in [7, 11) is -2.44. The molecule has 1 amide bonds. The Morgan fingerprint density at radius 2 is 1.62 bits per heavy atom. The van der Waals surface area contributed by atoms with Crippen LogP contribution in [-0.2, 0) is 16.4 Å². The van der Waals surface area contributed by atoms with E-state index in [2.05, 4.69) is 10.0 Å². The van der Waals surface area contributed by atoms with Crippen molar-refractivity contribution in [3.8, 4) is 11.5 Å². The lowest BCUT2D eigenvalue weighted by Gasteiger charge is -2.14. The summed E-state index contributed by atoms with van der Waals surface area (Å²) in [5.41, 5.74) is 2.23. The second-order valence-electron chi connectivity index (χ2n) is 6.93. The number of aryl methyl sites for hydroxylation is 1. The average molecular weight is 455 g/mol. The van der Waals surface area contributed by atoms with Crippen LogP contribution < -0.4 is 19.5 Å². The summed E-state index contributed by atoms with van der Waals surface area (Å²) < 4.78 is 39.0. The van der Waals surface area contributed by atoms with E-state index in [1.165, 1.54) is 25.3 Å². The van der Waals surface area contributed by atoms with E-state index < -0.39 is 10.0 Å². The van der Waals surface area contributed by atoms with Gasteiger partial charge in [0.2, 0.25) is 0 Å². The van der Waals surface area contributed by atoms with Gasteiger partial charge >= 0.3 is 0 Å². The van der Waals surface area contributed by atoms with E-state index in [9.17, 15) is 13.2 Å². The molecule has 3 aromatic carbocycles. The summed E-state index contributed by atoms with van der Waals surface area (Å²) in [6, 6.07) is 18.1. The van der Waals surface area contributed by atoms with Crippen molar-refractivity contribution < 1.29 is 22.7 Å². The van der Waals surface area contributed by atoms with Crippen molar-refractivity contribution in [2.24, 2.45) is 0 Å². The molecule has 2 N–H and O–H groups in total. The van der Waals surface area contributed by atoms with Gasteiger partial charge in [0.25, 0.3) is 15.9 Å². The van der Waals surface area contributed by atoms with Gasteiger partial charge in [0.05, 0.1) is 24.3 Å². The highest BCUT2D eigenvalue weighted by Crippen LogP contribution is 2.29. The van der Waals surface area contributed by atoms with E-state index in [0.717, 1.165) is 12.0 Å². The molecule has 32 heavy (non-hydrogen) atoms. The third kappa shape index (κ3) is 5.59. The molecule has 0 unspecified atom stereocenters. The highest BCUT2D eigenvalue weighted by atomic mass is 32.2. The zero-order valence-corrected chi connectivity index (χ0v) is 19.0. The lowest BCUT2D eigenvalue weighted by Crippen LogP contribution is -2.16. The van der Waals surface area contributed by atoms with Gasteiger partial charge in [-0.15, -0.1) is 0 Å². The SMILES string of the molecule is CCOc1ccc(NS(=O)(=O)c2ccc(OC)c(NC(=O)c3ccc(CC)cc3)c2)cc1. The van der Waals surface area contributed by atoms with E-state index in [0.29, 0.717) is 29.4 Å². The highest BCUT2D eigenvalue weighted by molar-refractivity contribution is 7.92. The van der Waals surface area contributed by atoms with Crippen LogP contribution >= 0.6 is 0 Å². The third-order valence-corrected chi connectivity index (χ3v) is 6.15. The van der Waals surface area contributed by atoms with Crippen molar-refractivity contribution in [3.05, 3.63) is 77.9 Å². The van der Waals surface area contributed by atoms with Crippen molar-refractivity contribution in [3.63, 3.8) is 0 Å². The van der Waals surface area contributed by atoms with Gasteiger partial charge in [0.1, 0.15) is 11.5 Å². The summed E-state index contributed by atoms with van der Waals surface area (Å²) in [5.74, 6) is 0.639. The maximum Gasteiger partial charge on any atom is 0.261 e. The van der Waals surface area contributed by atoms with E-state index in [1.54, 1.807) is 36.4 Å². The first-order valence-corrected chi connectivity index (χ1v) is 11.7. The Kier molecular flexibility index (Phi) is 7.37.